The Labute approximate surface area is 192 Å². The number of nitrogens with zero attached hydrogens (tertiary/aromatic N) is 1. The van der Waals surface area contributed by atoms with E-state index in [9.17, 15) is 14.4 Å². The van der Waals surface area contributed by atoms with E-state index < -0.39 is 24.0 Å². The van der Waals surface area contributed by atoms with Crippen molar-refractivity contribution in [1.29, 1.82) is 0 Å². The van der Waals surface area contributed by atoms with Gasteiger partial charge in [0.1, 0.15) is 12.6 Å². The number of rotatable bonds is 8. The maximum atomic E-state index is 12.6. The molecule has 8 nitrogen and oxygen atoms in total. The van der Waals surface area contributed by atoms with Gasteiger partial charge in [-0.3, -0.25) is 4.79 Å². The number of hydrogen-bond donors (Lipinski definition) is 3. The molecule has 0 saturated heterocycles. The van der Waals surface area contributed by atoms with Crippen LogP contribution in [0.5, 0.6) is 0 Å². The normalized spacial score (nSPS) is 12.7. The van der Waals surface area contributed by atoms with Gasteiger partial charge in [-0.25, -0.2) is 9.59 Å². The van der Waals surface area contributed by atoms with Gasteiger partial charge in [0.15, 0.2) is 0 Å². The highest BCUT2D eigenvalue weighted by Crippen LogP contribution is 2.44. The number of fused-ring (bicyclic) bond motifs is 3. The zero-order chi connectivity index (χ0) is 23.8. The molecule has 172 valence electrons. The second kappa shape index (κ2) is 11.2. The molecule has 0 aromatic heterocycles. The summed E-state index contributed by atoms with van der Waals surface area (Å²) >= 11 is 0. The molecule has 3 rings (SSSR count). The van der Waals surface area contributed by atoms with Crippen LogP contribution < -0.4 is 10.6 Å². The molecule has 0 radical (unpaired) electrons. The fraction of sp³-hybridized carbons (Fsp3) is 0.320. The molecule has 0 fully saturated rings. The van der Waals surface area contributed by atoms with Crippen LogP contribution in [-0.4, -0.2) is 67.8 Å². The minimum Gasteiger partial charge on any atom is -0.472 e. The number of carboxylic acids is 1. The van der Waals surface area contributed by atoms with Crippen LogP contribution in [0.1, 0.15) is 23.5 Å². The van der Waals surface area contributed by atoms with Crippen molar-refractivity contribution in [1.82, 2.24) is 15.5 Å². The fourth-order valence-corrected chi connectivity index (χ4v) is 3.81. The summed E-state index contributed by atoms with van der Waals surface area (Å²) < 4.78 is 5.53. The second-order valence-corrected chi connectivity index (χ2v) is 7.94. The largest absolute Gasteiger partial charge is 0.472 e. The lowest BCUT2D eigenvalue weighted by molar-refractivity contribution is -0.130. The van der Waals surface area contributed by atoms with Gasteiger partial charge in [-0.15, -0.1) is 0 Å². The maximum absolute atomic E-state index is 12.6. The van der Waals surface area contributed by atoms with Crippen LogP contribution in [0.25, 0.3) is 11.1 Å². The number of hydrogen-bond acceptors (Lipinski definition) is 5. The summed E-state index contributed by atoms with van der Waals surface area (Å²) in [7, 11) is 3.72. The predicted octanol–water partition coefficient (Wildman–Crippen LogP) is 2.05. The van der Waals surface area contributed by atoms with Gasteiger partial charge in [0, 0.05) is 11.8 Å². The summed E-state index contributed by atoms with van der Waals surface area (Å²) in [4.78, 5) is 37.4. The molecule has 1 atom stereocenters. The molecule has 0 heterocycles. The van der Waals surface area contributed by atoms with Gasteiger partial charge in [-0.1, -0.05) is 54.5 Å². The van der Waals surface area contributed by atoms with E-state index >= 15 is 0 Å². The van der Waals surface area contributed by atoms with Gasteiger partial charge in [0.2, 0.25) is 5.91 Å². The first-order valence-corrected chi connectivity index (χ1v) is 10.6. The van der Waals surface area contributed by atoms with Crippen LogP contribution in [-0.2, 0) is 14.3 Å². The highest BCUT2D eigenvalue weighted by atomic mass is 16.5. The van der Waals surface area contributed by atoms with Crippen LogP contribution in [0, 0.1) is 11.8 Å². The standard InChI is InChI=1S/C25H27N3O5/c1-28(2)15-13-22(24(31)26-14-7-12-23(29)30)27-25(32)33-16-21-19-10-5-3-8-17(19)18-9-4-6-11-20(18)21/h3-6,8-11,21-22H,13-16H2,1-2H3,(H,26,31)(H,27,32)(H,29,30). The Morgan fingerprint density at radius 3 is 2.24 bits per heavy atom. The van der Waals surface area contributed by atoms with Crippen LogP contribution in [0.15, 0.2) is 48.5 Å². The molecule has 3 N–H and O–H groups in total. The van der Waals surface area contributed by atoms with Crippen molar-refractivity contribution in [2.45, 2.75) is 18.4 Å². The molecule has 2 aromatic carbocycles. The third-order valence-electron chi connectivity index (χ3n) is 5.36. The number of alkyl carbamates (subject to hydrolysis) is 1. The van der Waals surface area contributed by atoms with Crippen LogP contribution in [0.3, 0.4) is 0 Å². The lowest BCUT2D eigenvalue weighted by atomic mass is 9.98. The Kier molecular flexibility index (Phi) is 8.06. The van der Waals surface area contributed by atoms with E-state index in [0.717, 1.165) is 22.3 Å². The minimum atomic E-state index is -1.27. The summed E-state index contributed by atoms with van der Waals surface area (Å²) in [5.74, 6) is 2.46. The summed E-state index contributed by atoms with van der Waals surface area (Å²) in [5, 5.41) is 13.7. The van der Waals surface area contributed by atoms with Gasteiger partial charge in [-0.2, -0.15) is 0 Å². The smallest absolute Gasteiger partial charge is 0.407 e. The average molecular weight is 450 g/mol. The molecule has 2 amide bonds. The second-order valence-electron chi connectivity index (χ2n) is 7.94. The molecule has 0 aliphatic heterocycles. The number of aliphatic carboxylic acids is 1. The SMILES string of the molecule is CN(C)CCC(NC(=O)OCC1c2ccccc2-c2ccccc21)C(=O)NCC#CC(=O)O. The zero-order valence-electron chi connectivity index (χ0n) is 18.6. The lowest BCUT2D eigenvalue weighted by Crippen LogP contribution is -2.48. The number of amides is 2. The van der Waals surface area contributed by atoms with E-state index in [-0.39, 0.29) is 19.1 Å². The number of ether oxygens (including phenoxy) is 1. The molecular weight excluding hydrogens is 422 g/mol. The van der Waals surface area contributed by atoms with Gasteiger partial charge < -0.3 is 25.4 Å². The lowest BCUT2D eigenvalue weighted by Gasteiger charge is -2.20. The molecule has 1 aliphatic rings. The molecule has 1 aliphatic carbocycles. The highest BCUT2D eigenvalue weighted by molar-refractivity contribution is 5.87. The van der Waals surface area contributed by atoms with Crippen LogP contribution in [0.2, 0.25) is 0 Å². The Morgan fingerprint density at radius 1 is 1.06 bits per heavy atom. The average Bonchev–Trinajstić information content (AvgIpc) is 3.11. The summed E-state index contributed by atoms with van der Waals surface area (Å²) in [6.07, 6.45) is -0.331. The zero-order valence-corrected chi connectivity index (χ0v) is 18.6. The first kappa shape index (κ1) is 23.8. The van der Waals surface area contributed by atoms with E-state index in [1.54, 1.807) is 0 Å². The number of benzene rings is 2. The number of carboxylic acid groups (broad SMARTS) is 1. The number of nitrogens with one attached hydrogen (secondary N) is 2. The quantitative estimate of drug-likeness (QED) is 0.533. The summed E-state index contributed by atoms with van der Waals surface area (Å²) in [6, 6.07) is 15.3. The molecular formula is C25H27N3O5. The monoisotopic (exact) mass is 449 g/mol. The number of carbonyl (C=O) groups excluding carboxylic acids is 2. The third-order valence-corrected chi connectivity index (χ3v) is 5.36. The van der Waals surface area contributed by atoms with Crippen LogP contribution in [0.4, 0.5) is 4.79 Å². The Bertz CT molecular complexity index is 1040. The molecule has 1 unspecified atom stereocenters. The Morgan fingerprint density at radius 2 is 1.67 bits per heavy atom. The van der Waals surface area contributed by atoms with Gasteiger partial charge in [0.05, 0.1) is 6.54 Å². The van der Waals surface area contributed by atoms with E-state index in [4.69, 9.17) is 9.84 Å². The van der Waals surface area contributed by atoms with E-state index in [1.807, 2.05) is 61.3 Å². The van der Waals surface area contributed by atoms with Gasteiger partial charge >= 0.3 is 12.1 Å². The molecule has 0 bridgehead atoms. The van der Waals surface area contributed by atoms with Crippen molar-refractivity contribution in [2.24, 2.45) is 0 Å². The van der Waals surface area contributed by atoms with Crippen molar-refractivity contribution >= 4 is 18.0 Å². The summed E-state index contributed by atoms with van der Waals surface area (Å²) in [6.45, 7) is 0.574. The molecule has 0 saturated carbocycles. The first-order chi connectivity index (χ1) is 15.9. The first-order valence-electron chi connectivity index (χ1n) is 10.6. The fourth-order valence-electron chi connectivity index (χ4n) is 3.81. The number of carbonyl (C=O) groups is 3. The minimum absolute atomic E-state index is 0.0801. The molecule has 8 heteroatoms. The van der Waals surface area contributed by atoms with Crippen molar-refractivity contribution < 1.29 is 24.2 Å². The van der Waals surface area contributed by atoms with Crippen molar-refractivity contribution in [3.8, 4) is 23.0 Å². The Balaban J connectivity index is 1.62. The van der Waals surface area contributed by atoms with E-state index in [1.165, 1.54) is 0 Å². The third kappa shape index (κ3) is 6.34. The van der Waals surface area contributed by atoms with Crippen molar-refractivity contribution in [3.05, 3.63) is 59.7 Å². The van der Waals surface area contributed by atoms with Gasteiger partial charge in [0.25, 0.3) is 0 Å². The maximum Gasteiger partial charge on any atom is 0.407 e. The topological polar surface area (TPSA) is 108 Å². The summed E-state index contributed by atoms with van der Waals surface area (Å²) in [5.41, 5.74) is 4.47. The van der Waals surface area contributed by atoms with Crippen molar-refractivity contribution in [2.75, 3.05) is 33.8 Å². The van der Waals surface area contributed by atoms with E-state index in [0.29, 0.717) is 13.0 Å². The molecule has 2 aromatic rings. The molecule has 33 heavy (non-hydrogen) atoms. The highest BCUT2D eigenvalue weighted by Gasteiger charge is 2.29. The van der Waals surface area contributed by atoms with Crippen molar-refractivity contribution in [3.63, 3.8) is 0 Å². The van der Waals surface area contributed by atoms with E-state index in [2.05, 4.69) is 28.7 Å². The van der Waals surface area contributed by atoms with Crippen LogP contribution >= 0.6 is 0 Å². The van der Waals surface area contributed by atoms with Gasteiger partial charge in [-0.05, 0) is 49.3 Å². The predicted molar refractivity (Wildman–Crippen MR) is 124 cm³/mol. The molecule has 0 spiro atoms. The Hall–Kier alpha value is -3.83.